The lowest BCUT2D eigenvalue weighted by molar-refractivity contribution is 0.236. The smallest absolute Gasteiger partial charge is 0.315 e. The van der Waals surface area contributed by atoms with Crippen LogP contribution in [0.2, 0.25) is 0 Å². The highest BCUT2D eigenvalue weighted by Crippen LogP contribution is 2.22. The summed E-state index contributed by atoms with van der Waals surface area (Å²) in [6.45, 7) is 9.65. The summed E-state index contributed by atoms with van der Waals surface area (Å²) in [5.74, 6) is 0.875. The standard InChI is InChI=1S/C20H26N2O2/c1-14-6-5-7-18(10-14)13-22-20(23)21-8-9-24-19-12-16(3)15(2)11-17(19)4/h5-7,10-12H,8-9,13H2,1-4H3,(H2,21,22,23). The van der Waals surface area contributed by atoms with Gasteiger partial charge in [0, 0.05) is 6.54 Å². The molecule has 0 radical (unpaired) electrons. The van der Waals surface area contributed by atoms with Crippen LogP contribution in [0.25, 0.3) is 0 Å². The van der Waals surface area contributed by atoms with Crippen molar-refractivity contribution >= 4 is 6.03 Å². The number of rotatable bonds is 6. The van der Waals surface area contributed by atoms with Crippen molar-refractivity contribution in [3.05, 3.63) is 64.2 Å². The molecule has 2 N–H and O–H groups in total. The zero-order valence-electron chi connectivity index (χ0n) is 14.9. The first-order chi connectivity index (χ1) is 11.5. The van der Waals surface area contributed by atoms with Crippen molar-refractivity contribution in [2.24, 2.45) is 0 Å². The molecule has 2 aromatic rings. The molecule has 0 spiro atoms. The molecule has 0 heterocycles. The van der Waals surface area contributed by atoms with E-state index in [1.165, 1.54) is 16.7 Å². The average molecular weight is 326 g/mol. The topological polar surface area (TPSA) is 50.4 Å². The van der Waals surface area contributed by atoms with Crippen LogP contribution in [0.1, 0.15) is 27.8 Å². The Bertz CT molecular complexity index is 711. The van der Waals surface area contributed by atoms with Gasteiger partial charge in [0.15, 0.2) is 0 Å². The van der Waals surface area contributed by atoms with E-state index in [9.17, 15) is 4.79 Å². The SMILES string of the molecule is Cc1cccc(CNC(=O)NCCOc2cc(C)c(C)cc2C)c1. The molecule has 4 nitrogen and oxygen atoms in total. The van der Waals surface area contributed by atoms with E-state index in [0.29, 0.717) is 19.7 Å². The quantitative estimate of drug-likeness (QED) is 0.793. The molecular weight excluding hydrogens is 300 g/mol. The number of hydrogen-bond donors (Lipinski definition) is 2. The summed E-state index contributed by atoms with van der Waals surface area (Å²) in [6.07, 6.45) is 0. The molecule has 0 fully saturated rings. The lowest BCUT2D eigenvalue weighted by atomic mass is 10.1. The van der Waals surface area contributed by atoms with Crippen LogP contribution < -0.4 is 15.4 Å². The summed E-state index contributed by atoms with van der Waals surface area (Å²) in [5, 5.41) is 5.66. The third kappa shape index (κ3) is 5.30. The number of carbonyl (C=O) groups excluding carboxylic acids is 1. The highest BCUT2D eigenvalue weighted by molar-refractivity contribution is 5.73. The van der Waals surface area contributed by atoms with Crippen molar-refractivity contribution in [3.8, 4) is 5.75 Å². The minimum Gasteiger partial charge on any atom is -0.491 e. The van der Waals surface area contributed by atoms with Crippen molar-refractivity contribution in [1.29, 1.82) is 0 Å². The van der Waals surface area contributed by atoms with Crippen LogP contribution in [-0.4, -0.2) is 19.2 Å². The fourth-order valence-corrected chi connectivity index (χ4v) is 2.48. The van der Waals surface area contributed by atoms with Crippen LogP contribution >= 0.6 is 0 Å². The third-order valence-electron chi connectivity index (χ3n) is 3.97. The van der Waals surface area contributed by atoms with Crippen molar-refractivity contribution in [1.82, 2.24) is 10.6 Å². The lowest BCUT2D eigenvalue weighted by Gasteiger charge is -2.12. The largest absolute Gasteiger partial charge is 0.491 e. The molecule has 2 aromatic carbocycles. The first-order valence-corrected chi connectivity index (χ1v) is 8.23. The number of urea groups is 1. The summed E-state index contributed by atoms with van der Waals surface area (Å²) >= 11 is 0. The molecule has 2 amide bonds. The number of hydrogen-bond acceptors (Lipinski definition) is 2. The molecular formula is C20H26N2O2. The van der Waals surface area contributed by atoms with Gasteiger partial charge < -0.3 is 15.4 Å². The van der Waals surface area contributed by atoms with E-state index in [0.717, 1.165) is 16.9 Å². The first-order valence-electron chi connectivity index (χ1n) is 8.23. The molecule has 24 heavy (non-hydrogen) atoms. The van der Waals surface area contributed by atoms with Gasteiger partial charge in [-0.2, -0.15) is 0 Å². The highest BCUT2D eigenvalue weighted by atomic mass is 16.5. The Hall–Kier alpha value is -2.49. The Balaban J connectivity index is 1.70. The molecule has 0 aliphatic carbocycles. The number of aryl methyl sites for hydroxylation is 4. The minimum absolute atomic E-state index is 0.183. The maximum absolute atomic E-state index is 11.8. The predicted molar refractivity (Wildman–Crippen MR) is 97.6 cm³/mol. The van der Waals surface area contributed by atoms with Crippen LogP contribution in [0.15, 0.2) is 36.4 Å². The predicted octanol–water partition coefficient (Wildman–Crippen LogP) is 3.80. The third-order valence-corrected chi connectivity index (χ3v) is 3.97. The fourth-order valence-electron chi connectivity index (χ4n) is 2.48. The molecule has 128 valence electrons. The Morgan fingerprint density at radius 2 is 1.71 bits per heavy atom. The van der Waals surface area contributed by atoms with Crippen molar-refractivity contribution in [3.63, 3.8) is 0 Å². The Labute approximate surface area is 144 Å². The summed E-state index contributed by atoms with van der Waals surface area (Å²) in [4.78, 5) is 11.8. The van der Waals surface area contributed by atoms with Crippen molar-refractivity contribution < 1.29 is 9.53 Å². The van der Waals surface area contributed by atoms with Crippen molar-refractivity contribution in [2.45, 2.75) is 34.2 Å². The molecule has 0 atom stereocenters. The number of amides is 2. The minimum atomic E-state index is -0.183. The molecule has 0 aromatic heterocycles. The van der Waals surface area contributed by atoms with E-state index in [1.54, 1.807) is 0 Å². The van der Waals surface area contributed by atoms with Gasteiger partial charge >= 0.3 is 6.03 Å². The zero-order valence-corrected chi connectivity index (χ0v) is 14.9. The molecule has 0 aliphatic rings. The lowest BCUT2D eigenvalue weighted by Crippen LogP contribution is -2.37. The molecule has 0 bridgehead atoms. The monoisotopic (exact) mass is 326 g/mol. The van der Waals surface area contributed by atoms with Crippen LogP contribution in [0, 0.1) is 27.7 Å². The van der Waals surface area contributed by atoms with Crippen LogP contribution in [0.3, 0.4) is 0 Å². The molecule has 0 saturated heterocycles. The Kier molecular flexibility index (Phi) is 6.24. The normalized spacial score (nSPS) is 10.3. The maximum atomic E-state index is 11.8. The molecule has 0 aliphatic heterocycles. The summed E-state index contributed by atoms with van der Waals surface area (Å²) in [5.41, 5.74) is 5.86. The van der Waals surface area contributed by atoms with Crippen LogP contribution in [0.4, 0.5) is 4.79 Å². The second-order valence-electron chi connectivity index (χ2n) is 6.15. The Morgan fingerprint density at radius 3 is 2.46 bits per heavy atom. The van der Waals surface area contributed by atoms with Gasteiger partial charge in [0.25, 0.3) is 0 Å². The fraction of sp³-hybridized carbons (Fsp3) is 0.350. The van der Waals surface area contributed by atoms with E-state index < -0.39 is 0 Å². The van der Waals surface area contributed by atoms with Crippen LogP contribution in [0.5, 0.6) is 5.75 Å². The first kappa shape index (κ1) is 17.9. The summed E-state index contributed by atoms with van der Waals surface area (Å²) in [6, 6.07) is 12.1. The number of benzene rings is 2. The van der Waals surface area contributed by atoms with Gasteiger partial charge in [0.2, 0.25) is 0 Å². The van der Waals surface area contributed by atoms with E-state index in [4.69, 9.17) is 4.74 Å². The molecule has 2 rings (SSSR count). The molecule has 0 saturated carbocycles. The Morgan fingerprint density at radius 1 is 0.958 bits per heavy atom. The van der Waals surface area contributed by atoms with Gasteiger partial charge in [-0.1, -0.05) is 35.9 Å². The summed E-state index contributed by atoms with van der Waals surface area (Å²) in [7, 11) is 0. The highest BCUT2D eigenvalue weighted by Gasteiger charge is 2.04. The second-order valence-corrected chi connectivity index (χ2v) is 6.15. The number of carbonyl (C=O) groups is 1. The number of ether oxygens (including phenoxy) is 1. The maximum Gasteiger partial charge on any atom is 0.315 e. The molecule has 4 heteroatoms. The van der Waals surface area contributed by atoms with Gasteiger partial charge in [-0.3, -0.25) is 0 Å². The van der Waals surface area contributed by atoms with E-state index in [2.05, 4.69) is 36.6 Å². The van der Waals surface area contributed by atoms with Crippen molar-refractivity contribution in [2.75, 3.05) is 13.2 Å². The van der Waals surface area contributed by atoms with Gasteiger partial charge in [-0.15, -0.1) is 0 Å². The van der Waals surface area contributed by atoms with E-state index in [-0.39, 0.29) is 6.03 Å². The van der Waals surface area contributed by atoms with Crippen LogP contribution in [-0.2, 0) is 6.54 Å². The summed E-state index contributed by atoms with van der Waals surface area (Å²) < 4.78 is 5.76. The van der Waals surface area contributed by atoms with E-state index in [1.807, 2.05) is 38.1 Å². The van der Waals surface area contributed by atoms with Gasteiger partial charge in [-0.25, -0.2) is 4.79 Å². The van der Waals surface area contributed by atoms with Gasteiger partial charge in [-0.05, 0) is 56.0 Å². The van der Waals surface area contributed by atoms with Gasteiger partial charge in [0.1, 0.15) is 12.4 Å². The van der Waals surface area contributed by atoms with Gasteiger partial charge in [0.05, 0.1) is 6.54 Å². The number of nitrogens with one attached hydrogen (secondary N) is 2. The zero-order chi connectivity index (χ0) is 17.5. The second kappa shape index (κ2) is 8.39. The molecule has 0 unspecified atom stereocenters. The van der Waals surface area contributed by atoms with E-state index >= 15 is 0 Å². The average Bonchev–Trinajstić information content (AvgIpc) is 2.54.